The largest absolute Gasteiger partial charge is 0.497 e. The van der Waals surface area contributed by atoms with Crippen LogP contribution in [-0.2, 0) is 10.0 Å². The standard InChI is InChI=1S/C21H20ClN3O4S/c1-28-15-6-4-13(5-7-15)19-12-20(25(24-19)30(3,26)27)17-11-14-10-16(29-2)8-9-18(14)23-21(17)22/h4-11,20H,12H2,1-3H3/t20-/m1/s1. The summed E-state index contributed by atoms with van der Waals surface area (Å²) in [6.07, 6.45) is 1.50. The van der Waals surface area contributed by atoms with Crippen LogP contribution in [0, 0.1) is 0 Å². The van der Waals surface area contributed by atoms with Gasteiger partial charge in [-0.3, -0.25) is 0 Å². The Morgan fingerprint density at radius 2 is 1.70 bits per heavy atom. The smallest absolute Gasteiger partial charge is 0.247 e. The summed E-state index contributed by atoms with van der Waals surface area (Å²) in [7, 11) is -0.450. The summed E-state index contributed by atoms with van der Waals surface area (Å²) in [5, 5.41) is 5.46. The molecule has 2 aromatic carbocycles. The van der Waals surface area contributed by atoms with Gasteiger partial charge in [0, 0.05) is 17.4 Å². The molecule has 0 saturated heterocycles. The lowest BCUT2D eigenvalue weighted by molar-refractivity contribution is 0.374. The lowest BCUT2D eigenvalue weighted by Crippen LogP contribution is -2.26. The van der Waals surface area contributed by atoms with Gasteiger partial charge in [-0.2, -0.15) is 9.52 Å². The third kappa shape index (κ3) is 3.80. The van der Waals surface area contributed by atoms with Gasteiger partial charge in [-0.1, -0.05) is 11.6 Å². The number of halogens is 1. The van der Waals surface area contributed by atoms with Gasteiger partial charge in [0.1, 0.15) is 16.7 Å². The highest BCUT2D eigenvalue weighted by atomic mass is 35.5. The summed E-state index contributed by atoms with van der Waals surface area (Å²) in [4.78, 5) is 4.45. The molecular weight excluding hydrogens is 426 g/mol. The van der Waals surface area contributed by atoms with Crippen LogP contribution in [0.2, 0.25) is 5.15 Å². The number of sulfonamides is 1. The van der Waals surface area contributed by atoms with Gasteiger partial charge < -0.3 is 9.47 Å². The number of rotatable bonds is 5. The Balaban J connectivity index is 1.78. The topological polar surface area (TPSA) is 81.1 Å². The molecule has 0 bridgehead atoms. The minimum absolute atomic E-state index is 0.248. The number of fused-ring (bicyclic) bond motifs is 1. The highest BCUT2D eigenvalue weighted by Gasteiger charge is 2.36. The van der Waals surface area contributed by atoms with E-state index in [1.807, 2.05) is 42.5 Å². The molecule has 30 heavy (non-hydrogen) atoms. The van der Waals surface area contributed by atoms with Gasteiger partial charge in [-0.05, 0) is 54.1 Å². The molecule has 0 aliphatic carbocycles. The number of methoxy groups -OCH3 is 2. The highest BCUT2D eigenvalue weighted by Crippen LogP contribution is 2.39. The maximum atomic E-state index is 12.5. The van der Waals surface area contributed by atoms with Crippen LogP contribution in [0.4, 0.5) is 0 Å². The fourth-order valence-corrected chi connectivity index (χ4v) is 4.66. The molecule has 1 aromatic heterocycles. The van der Waals surface area contributed by atoms with Crippen LogP contribution in [0.25, 0.3) is 10.9 Å². The minimum Gasteiger partial charge on any atom is -0.497 e. The average molecular weight is 446 g/mol. The van der Waals surface area contributed by atoms with Gasteiger partial charge in [0.05, 0.1) is 37.7 Å². The first kappa shape index (κ1) is 20.4. The van der Waals surface area contributed by atoms with Crippen molar-refractivity contribution in [3.63, 3.8) is 0 Å². The van der Waals surface area contributed by atoms with Crippen molar-refractivity contribution in [1.29, 1.82) is 0 Å². The number of hydrogen-bond acceptors (Lipinski definition) is 6. The van der Waals surface area contributed by atoms with E-state index in [1.165, 1.54) is 0 Å². The number of pyridine rings is 1. The molecule has 9 heteroatoms. The van der Waals surface area contributed by atoms with E-state index in [-0.39, 0.29) is 5.15 Å². The molecule has 0 saturated carbocycles. The molecule has 1 aliphatic heterocycles. The molecule has 4 rings (SSSR count). The molecule has 0 spiro atoms. The van der Waals surface area contributed by atoms with E-state index in [9.17, 15) is 8.42 Å². The van der Waals surface area contributed by atoms with Crippen molar-refractivity contribution in [1.82, 2.24) is 9.40 Å². The van der Waals surface area contributed by atoms with Crippen molar-refractivity contribution >= 4 is 38.2 Å². The normalized spacial score (nSPS) is 16.6. The zero-order chi connectivity index (χ0) is 21.5. The Morgan fingerprint density at radius 3 is 2.33 bits per heavy atom. The van der Waals surface area contributed by atoms with E-state index in [2.05, 4.69) is 10.1 Å². The molecule has 0 fully saturated rings. The van der Waals surface area contributed by atoms with Crippen LogP contribution < -0.4 is 9.47 Å². The van der Waals surface area contributed by atoms with E-state index in [0.29, 0.717) is 34.7 Å². The number of ether oxygens (including phenoxy) is 2. The fourth-order valence-electron chi connectivity index (χ4n) is 3.49. The average Bonchev–Trinajstić information content (AvgIpc) is 3.19. The lowest BCUT2D eigenvalue weighted by atomic mass is 9.99. The summed E-state index contributed by atoms with van der Waals surface area (Å²) >= 11 is 6.47. The van der Waals surface area contributed by atoms with E-state index in [0.717, 1.165) is 21.6 Å². The molecule has 3 aromatic rings. The van der Waals surface area contributed by atoms with Crippen LogP contribution in [0.1, 0.15) is 23.6 Å². The predicted octanol–water partition coefficient (Wildman–Crippen LogP) is 4.02. The number of nitrogens with zero attached hydrogens (tertiary/aromatic N) is 3. The quantitative estimate of drug-likeness (QED) is 0.554. The summed E-state index contributed by atoms with van der Waals surface area (Å²) in [5.41, 5.74) is 2.76. The Morgan fingerprint density at radius 1 is 1.03 bits per heavy atom. The van der Waals surface area contributed by atoms with E-state index in [1.54, 1.807) is 20.3 Å². The van der Waals surface area contributed by atoms with Crippen molar-refractivity contribution in [2.45, 2.75) is 12.5 Å². The van der Waals surface area contributed by atoms with Crippen molar-refractivity contribution in [3.05, 3.63) is 64.8 Å². The van der Waals surface area contributed by atoms with Gasteiger partial charge in [-0.15, -0.1) is 0 Å². The van der Waals surface area contributed by atoms with Crippen LogP contribution in [0.15, 0.2) is 53.6 Å². The first-order valence-corrected chi connectivity index (χ1v) is 11.4. The Labute approximate surface area is 179 Å². The first-order chi connectivity index (χ1) is 14.3. The minimum atomic E-state index is -3.63. The maximum Gasteiger partial charge on any atom is 0.247 e. The van der Waals surface area contributed by atoms with Crippen molar-refractivity contribution < 1.29 is 17.9 Å². The zero-order valence-electron chi connectivity index (χ0n) is 16.7. The molecule has 0 N–H and O–H groups in total. The second kappa shape index (κ2) is 7.77. The molecule has 1 aliphatic rings. The van der Waals surface area contributed by atoms with Gasteiger partial charge in [0.15, 0.2) is 0 Å². The fraction of sp³-hybridized carbons (Fsp3) is 0.238. The second-order valence-corrected chi connectivity index (χ2v) is 9.16. The lowest BCUT2D eigenvalue weighted by Gasteiger charge is -2.22. The van der Waals surface area contributed by atoms with Gasteiger partial charge in [0.25, 0.3) is 0 Å². The Kier molecular flexibility index (Phi) is 5.29. The summed E-state index contributed by atoms with van der Waals surface area (Å²) in [5.74, 6) is 1.39. The van der Waals surface area contributed by atoms with Crippen LogP contribution in [0.5, 0.6) is 11.5 Å². The van der Waals surface area contributed by atoms with Crippen LogP contribution in [-0.4, -0.2) is 44.0 Å². The van der Waals surface area contributed by atoms with Gasteiger partial charge in [0.2, 0.25) is 10.0 Å². The van der Waals surface area contributed by atoms with Gasteiger partial charge >= 0.3 is 0 Å². The van der Waals surface area contributed by atoms with Crippen LogP contribution in [0.3, 0.4) is 0 Å². The summed E-state index contributed by atoms with van der Waals surface area (Å²) in [6.45, 7) is 0. The third-order valence-corrected chi connectivity index (χ3v) is 6.32. The zero-order valence-corrected chi connectivity index (χ0v) is 18.2. The number of hydrogen-bond donors (Lipinski definition) is 0. The molecular formula is C21H20ClN3O4S. The molecule has 1 atom stereocenters. The molecule has 0 amide bonds. The molecule has 0 unspecified atom stereocenters. The Bertz CT molecular complexity index is 1240. The van der Waals surface area contributed by atoms with Crippen LogP contribution >= 0.6 is 11.6 Å². The number of hydrazone groups is 1. The van der Waals surface area contributed by atoms with Crippen molar-refractivity contribution in [3.8, 4) is 11.5 Å². The van der Waals surface area contributed by atoms with Gasteiger partial charge in [-0.25, -0.2) is 13.4 Å². The first-order valence-electron chi connectivity index (χ1n) is 9.15. The van der Waals surface area contributed by atoms with E-state index >= 15 is 0 Å². The number of aromatic nitrogens is 1. The van der Waals surface area contributed by atoms with E-state index in [4.69, 9.17) is 21.1 Å². The van der Waals surface area contributed by atoms with Crippen molar-refractivity contribution in [2.75, 3.05) is 20.5 Å². The molecule has 0 radical (unpaired) electrons. The van der Waals surface area contributed by atoms with E-state index < -0.39 is 16.1 Å². The third-order valence-electron chi connectivity index (χ3n) is 5.00. The monoisotopic (exact) mass is 445 g/mol. The van der Waals surface area contributed by atoms with Crippen molar-refractivity contribution in [2.24, 2.45) is 5.10 Å². The molecule has 2 heterocycles. The molecule has 156 valence electrons. The Hall–Kier alpha value is -2.84. The maximum absolute atomic E-state index is 12.5. The summed E-state index contributed by atoms with van der Waals surface area (Å²) in [6, 6.07) is 14.0. The molecule has 7 nitrogen and oxygen atoms in total. The second-order valence-electron chi connectivity index (χ2n) is 6.96. The summed E-state index contributed by atoms with van der Waals surface area (Å²) < 4.78 is 36.6. The highest BCUT2D eigenvalue weighted by molar-refractivity contribution is 7.88. The number of benzene rings is 2. The SMILES string of the molecule is COc1ccc(C2=NN(S(C)(=O)=O)[C@@H](c3cc4cc(OC)ccc4nc3Cl)C2)cc1. The predicted molar refractivity (Wildman–Crippen MR) is 117 cm³/mol.